The second kappa shape index (κ2) is 5.54. The summed E-state index contributed by atoms with van der Waals surface area (Å²) in [5.74, 6) is -0.294. The van der Waals surface area contributed by atoms with Crippen LogP contribution in [-0.2, 0) is 6.54 Å². The molecular weight excluding hydrogens is 314 g/mol. The van der Waals surface area contributed by atoms with Crippen LogP contribution in [-0.4, -0.2) is 11.0 Å². The van der Waals surface area contributed by atoms with E-state index in [4.69, 9.17) is 0 Å². The Hall–Kier alpha value is -1.33. The number of phenolic OH excluding ortho intramolecular Hbond substituents is 1. The fourth-order valence-corrected chi connectivity index (χ4v) is 2.73. The van der Waals surface area contributed by atoms with E-state index in [1.807, 2.05) is 18.4 Å². The van der Waals surface area contributed by atoms with Crippen molar-refractivity contribution < 1.29 is 9.90 Å². The summed E-state index contributed by atoms with van der Waals surface area (Å²) >= 11 is 4.84. The Morgan fingerprint density at radius 3 is 2.83 bits per heavy atom. The molecule has 2 N–H and O–H groups in total. The maximum absolute atomic E-state index is 11.9. The van der Waals surface area contributed by atoms with Crippen LogP contribution in [0.5, 0.6) is 5.75 Å². The molecule has 0 spiro atoms. The number of aryl methyl sites for hydroxylation is 1. The Labute approximate surface area is 118 Å². The van der Waals surface area contributed by atoms with E-state index < -0.39 is 0 Å². The maximum Gasteiger partial charge on any atom is 0.255 e. The maximum atomic E-state index is 11.9. The van der Waals surface area contributed by atoms with Gasteiger partial charge < -0.3 is 10.4 Å². The quantitative estimate of drug-likeness (QED) is 0.908. The van der Waals surface area contributed by atoms with Crippen LogP contribution in [0.1, 0.15) is 20.8 Å². The van der Waals surface area contributed by atoms with E-state index in [0.717, 1.165) is 9.35 Å². The summed E-state index contributed by atoms with van der Waals surface area (Å²) in [6.45, 7) is 2.49. The summed E-state index contributed by atoms with van der Waals surface area (Å²) in [6, 6.07) is 6.84. The van der Waals surface area contributed by atoms with E-state index in [2.05, 4.69) is 21.2 Å². The lowest BCUT2D eigenvalue weighted by molar-refractivity contribution is 0.0948. The van der Waals surface area contributed by atoms with Gasteiger partial charge in [0.2, 0.25) is 0 Å². The topological polar surface area (TPSA) is 49.3 Å². The molecule has 1 heterocycles. The van der Waals surface area contributed by atoms with Crippen molar-refractivity contribution in [2.24, 2.45) is 0 Å². The van der Waals surface area contributed by atoms with Gasteiger partial charge in [-0.2, -0.15) is 0 Å². The van der Waals surface area contributed by atoms with Gasteiger partial charge in [0, 0.05) is 9.35 Å². The molecule has 18 heavy (non-hydrogen) atoms. The molecule has 94 valence electrons. The van der Waals surface area contributed by atoms with Crippen molar-refractivity contribution in [1.82, 2.24) is 5.32 Å². The van der Waals surface area contributed by atoms with Crippen molar-refractivity contribution in [3.8, 4) is 5.75 Å². The van der Waals surface area contributed by atoms with E-state index in [-0.39, 0.29) is 17.2 Å². The minimum absolute atomic E-state index is 0.0234. The molecule has 0 unspecified atom stereocenters. The normalized spacial score (nSPS) is 10.3. The molecule has 2 aromatic rings. The Morgan fingerprint density at radius 1 is 1.44 bits per heavy atom. The predicted molar refractivity (Wildman–Crippen MR) is 76.0 cm³/mol. The zero-order chi connectivity index (χ0) is 13.1. The molecule has 1 aromatic heterocycles. The number of nitrogens with one attached hydrogen (secondary N) is 1. The first kappa shape index (κ1) is 13.1. The Bertz CT molecular complexity index is 580. The highest BCUT2D eigenvalue weighted by molar-refractivity contribution is 9.10. The summed E-state index contributed by atoms with van der Waals surface area (Å²) in [5, 5.41) is 14.5. The van der Waals surface area contributed by atoms with Crippen LogP contribution < -0.4 is 5.32 Å². The number of carbonyl (C=O) groups is 1. The third-order valence-electron chi connectivity index (χ3n) is 2.58. The minimum atomic E-state index is -0.271. The summed E-state index contributed by atoms with van der Waals surface area (Å²) < 4.78 is 0.741. The van der Waals surface area contributed by atoms with Gasteiger partial charge in [0.05, 0.1) is 12.1 Å². The number of halogens is 1. The van der Waals surface area contributed by atoms with Crippen LogP contribution in [0.25, 0.3) is 0 Å². The van der Waals surface area contributed by atoms with Gasteiger partial charge in [-0.25, -0.2) is 0 Å². The third kappa shape index (κ3) is 2.91. The van der Waals surface area contributed by atoms with Crippen molar-refractivity contribution >= 4 is 33.2 Å². The number of hydrogen-bond acceptors (Lipinski definition) is 3. The highest BCUT2D eigenvalue weighted by Gasteiger charge is 2.11. The lowest BCUT2D eigenvalue weighted by Gasteiger charge is -2.06. The molecule has 0 saturated carbocycles. The van der Waals surface area contributed by atoms with Gasteiger partial charge in [-0.05, 0) is 42.1 Å². The van der Waals surface area contributed by atoms with Crippen molar-refractivity contribution in [2.45, 2.75) is 13.5 Å². The molecule has 0 fully saturated rings. The second-order valence-corrected chi connectivity index (χ2v) is 5.79. The van der Waals surface area contributed by atoms with Crippen molar-refractivity contribution in [1.29, 1.82) is 0 Å². The highest BCUT2D eigenvalue weighted by atomic mass is 79.9. The molecule has 0 aliphatic carbocycles. The fourth-order valence-electron chi connectivity index (χ4n) is 1.54. The third-order valence-corrected chi connectivity index (χ3v) is 4.10. The van der Waals surface area contributed by atoms with E-state index in [1.54, 1.807) is 23.5 Å². The Morgan fingerprint density at radius 2 is 2.22 bits per heavy atom. The monoisotopic (exact) mass is 325 g/mol. The molecule has 0 bridgehead atoms. The van der Waals surface area contributed by atoms with Gasteiger partial charge in [0.1, 0.15) is 5.75 Å². The number of phenols is 1. The predicted octanol–water partition coefficient (Wildman–Crippen LogP) is 3.45. The molecule has 0 aliphatic rings. The number of amides is 1. The molecule has 1 amide bonds. The van der Waals surface area contributed by atoms with Gasteiger partial charge >= 0.3 is 0 Å². The molecule has 0 atom stereocenters. The second-order valence-electron chi connectivity index (χ2n) is 3.87. The van der Waals surface area contributed by atoms with E-state index in [1.165, 1.54) is 11.6 Å². The first-order valence-corrected chi connectivity index (χ1v) is 7.05. The van der Waals surface area contributed by atoms with Gasteiger partial charge in [-0.15, -0.1) is 11.3 Å². The molecule has 2 rings (SSSR count). The number of aromatic hydroxyl groups is 1. The minimum Gasteiger partial charge on any atom is -0.507 e. The fraction of sp³-hybridized carbons (Fsp3) is 0.154. The van der Waals surface area contributed by atoms with E-state index in [9.17, 15) is 9.90 Å². The molecule has 0 saturated heterocycles. The zero-order valence-corrected chi connectivity index (χ0v) is 12.1. The lowest BCUT2D eigenvalue weighted by Crippen LogP contribution is -2.22. The number of carbonyl (C=O) groups excluding carboxylic acids is 1. The Kier molecular flexibility index (Phi) is 4.04. The number of hydrogen-bond donors (Lipinski definition) is 2. The smallest absolute Gasteiger partial charge is 0.255 e. The van der Waals surface area contributed by atoms with Crippen LogP contribution in [0.15, 0.2) is 34.1 Å². The average Bonchev–Trinajstić information content (AvgIpc) is 2.72. The molecule has 0 aliphatic heterocycles. The molecule has 0 radical (unpaired) electrons. The van der Waals surface area contributed by atoms with Crippen LogP contribution in [0, 0.1) is 6.92 Å². The summed E-state index contributed by atoms with van der Waals surface area (Å²) in [7, 11) is 0. The molecule has 3 nitrogen and oxygen atoms in total. The first-order chi connectivity index (χ1) is 8.58. The molecular formula is C13H12BrNO2S. The highest BCUT2D eigenvalue weighted by Crippen LogP contribution is 2.22. The van der Waals surface area contributed by atoms with Crippen molar-refractivity contribution in [3.05, 3.63) is 50.1 Å². The SMILES string of the molecule is Cc1ccsc1CNC(=O)c1ccc(Br)cc1O. The summed E-state index contributed by atoms with van der Waals surface area (Å²) in [5.41, 5.74) is 1.45. The molecule has 1 aromatic carbocycles. The van der Waals surface area contributed by atoms with Crippen LogP contribution in [0.3, 0.4) is 0 Å². The van der Waals surface area contributed by atoms with E-state index in [0.29, 0.717) is 6.54 Å². The molecule has 5 heteroatoms. The zero-order valence-electron chi connectivity index (χ0n) is 9.74. The summed E-state index contributed by atoms with van der Waals surface area (Å²) in [6.07, 6.45) is 0. The van der Waals surface area contributed by atoms with Crippen LogP contribution in [0.2, 0.25) is 0 Å². The number of benzene rings is 1. The van der Waals surface area contributed by atoms with Gasteiger partial charge in [-0.1, -0.05) is 15.9 Å². The van der Waals surface area contributed by atoms with Crippen molar-refractivity contribution in [2.75, 3.05) is 0 Å². The number of thiophene rings is 1. The van der Waals surface area contributed by atoms with E-state index >= 15 is 0 Å². The largest absolute Gasteiger partial charge is 0.507 e. The van der Waals surface area contributed by atoms with Gasteiger partial charge in [0.15, 0.2) is 0 Å². The van der Waals surface area contributed by atoms with Gasteiger partial charge in [0.25, 0.3) is 5.91 Å². The average molecular weight is 326 g/mol. The van der Waals surface area contributed by atoms with Crippen LogP contribution >= 0.6 is 27.3 Å². The first-order valence-electron chi connectivity index (χ1n) is 5.37. The number of rotatable bonds is 3. The standard InChI is InChI=1S/C13H12BrNO2S/c1-8-4-5-18-12(8)7-15-13(17)10-3-2-9(14)6-11(10)16/h2-6,16H,7H2,1H3,(H,15,17). The Balaban J connectivity index is 2.06. The van der Waals surface area contributed by atoms with Crippen molar-refractivity contribution in [3.63, 3.8) is 0 Å². The lowest BCUT2D eigenvalue weighted by atomic mass is 10.2. The van der Waals surface area contributed by atoms with Crippen LogP contribution in [0.4, 0.5) is 0 Å². The van der Waals surface area contributed by atoms with Gasteiger partial charge in [-0.3, -0.25) is 4.79 Å². The summed E-state index contributed by atoms with van der Waals surface area (Å²) in [4.78, 5) is 13.0.